The van der Waals surface area contributed by atoms with Gasteiger partial charge in [0.05, 0.1) is 19.8 Å². The van der Waals surface area contributed by atoms with Crippen molar-refractivity contribution in [3.8, 4) is 33.8 Å². The highest BCUT2D eigenvalue weighted by Gasteiger charge is 2.29. The van der Waals surface area contributed by atoms with Gasteiger partial charge in [0, 0.05) is 11.1 Å². The van der Waals surface area contributed by atoms with Crippen LogP contribution in [0.15, 0.2) is 82.6 Å². The molecule has 0 spiro atoms. The summed E-state index contributed by atoms with van der Waals surface area (Å²) in [4.78, 5) is 0.0625. The van der Waals surface area contributed by atoms with E-state index in [4.69, 9.17) is 23.2 Å². The maximum absolute atomic E-state index is 14.1. The molecule has 0 saturated heterocycles. The van der Waals surface area contributed by atoms with E-state index < -0.39 is 9.84 Å². The highest BCUT2D eigenvalue weighted by atomic mass is 35.5. The number of hydrogen-bond donors (Lipinski definition) is 2. The number of benzene rings is 4. The van der Waals surface area contributed by atoms with Crippen molar-refractivity contribution in [1.82, 2.24) is 0 Å². The largest absolute Gasteiger partial charge is 0.508 e. The van der Waals surface area contributed by atoms with E-state index in [0.29, 0.717) is 32.3 Å². The summed E-state index contributed by atoms with van der Waals surface area (Å²) < 4.78 is 28.1. The molecule has 4 aromatic rings. The first-order chi connectivity index (χ1) is 15.6. The number of hydrogen-bond acceptors (Lipinski definition) is 4. The van der Waals surface area contributed by atoms with Crippen LogP contribution in [-0.4, -0.2) is 18.6 Å². The van der Waals surface area contributed by atoms with Gasteiger partial charge in [-0.05, 0) is 72.5 Å². The van der Waals surface area contributed by atoms with Gasteiger partial charge in [-0.15, -0.1) is 0 Å². The third kappa shape index (κ3) is 4.20. The van der Waals surface area contributed by atoms with Crippen molar-refractivity contribution >= 4 is 33.0 Å². The molecule has 0 aliphatic carbocycles. The number of aromatic hydroxyl groups is 2. The molecule has 0 saturated carbocycles. The monoisotopic (exact) mass is 498 g/mol. The van der Waals surface area contributed by atoms with Gasteiger partial charge in [0.15, 0.2) is 0 Å². The van der Waals surface area contributed by atoms with E-state index in [1.54, 1.807) is 50.2 Å². The highest BCUT2D eigenvalue weighted by molar-refractivity contribution is 7.91. The Balaban J connectivity index is 2.03. The molecule has 0 amide bonds. The van der Waals surface area contributed by atoms with Gasteiger partial charge < -0.3 is 10.2 Å². The van der Waals surface area contributed by atoms with Crippen molar-refractivity contribution in [2.75, 3.05) is 0 Å². The fourth-order valence-electron chi connectivity index (χ4n) is 3.69. The Bertz CT molecular complexity index is 1350. The molecule has 0 aromatic heterocycles. The number of halogens is 2. The smallest absolute Gasteiger partial charge is 0.207 e. The van der Waals surface area contributed by atoms with Crippen LogP contribution in [0, 0.1) is 13.8 Å². The first-order valence-corrected chi connectivity index (χ1v) is 12.3. The van der Waals surface area contributed by atoms with Crippen LogP contribution in [0.2, 0.25) is 10.0 Å². The summed E-state index contributed by atoms with van der Waals surface area (Å²) in [5.41, 5.74) is 3.27. The van der Waals surface area contributed by atoms with Crippen LogP contribution in [0.3, 0.4) is 0 Å². The predicted octanol–water partition coefficient (Wildman–Crippen LogP) is 7.19. The number of phenols is 2. The minimum Gasteiger partial charge on any atom is -0.508 e. The molecule has 4 nitrogen and oxygen atoms in total. The van der Waals surface area contributed by atoms with Crippen LogP contribution < -0.4 is 0 Å². The molecule has 0 bridgehead atoms. The second kappa shape index (κ2) is 8.75. The fraction of sp³-hybridized carbons (Fsp3) is 0.0769. The van der Waals surface area contributed by atoms with Gasteiger partial charge in [-0.1, -0.05) is 59.6 Å². The summed E-state index contributed by atoms with van der Waals surface area (Å²) in [6.07, 6.45) is 0. The Labute approximate surface area is 202 Å². The van der Waals surface area contributed by atoms with Crippen molar-refractivity contribution in [3.05, 3.63) is 94.0 Å². The van der Waals surface area contributed by atoms with Gasteiger partial charge >= 0.3 is 0 Å². The quantitative estimate of drug-likeness (QED) is 0.312. The van der Waals surface area contributed by atoms with Crippen molar-refractivity contribution in [2.45, 2.75) is 23.6 Å². The molecule has 0 aliphatic rings. The van der Waals surface area contributed by atoms with E-state index in [1.165, 1.54) is 36.4 Å². The van der Waals surface area contributed by atoms with Crippen LogP contribution in [0.5, 0.6) is 11.5 Å². The molecule has 168 valence electrons. The van der Waals surface area contributed by atoms with E-state index in [0.717, 1.165) is 11.1 Å². The molecule has 33 heavy (non-hydrogen) atoms. The number of aryl methyl sites for hydroxylation is 2. The molecule has 7 heteroatoms. The molecular formula is C26H20Cl2O4S. The molecular weight excluding hydrogens is 479 g/mol. The van der Waals surface area contributed by atoms with Crippen LogP contribution in [-0.2, 0) is 9.84 Å². The average Bonchev–Trinajstić information content (AvgIpc) is 2.78. The average molecular weight is 499 g/mol. The summed E-state index contributed by atoms with van der Waals surface area (Å²) in [6, 6.07) is 18.8. The van der Waals surface area contributed by atoms with E-state index >= 15 is 0 Å². The maximum Gasteiger partial charge on any atom is 0.207 e. The predicted molar refractivity (Wildman–Crippen MR) is 132 cm³/mol. The van der Waals surface area contributed by atoms with Gasteiger partial charge in [0.2, 0.25) is 9.84 Å². The van der Waals surface area contributed by atoms with Gasteiger partial charge in [-0.3, -0.25) is 0 Å². The Kier molecular flexibility index (Phi) is 6.14. The first kappa shape index (κ1) is 23.2. The van der Waals surface area contributed by atoms with Crippen molar-refractivity contribution in [1.29, 1.82) is 0 Å². The first-order valence-electron chi connectivity index (χ1n) is 10.0. The molecule has 0 unspecified atom stereocenters. The standard InChI is InChI=1S/C26H20Cl2O4S/c1-15-3-13-21(23(25(15)27)17-5-9-19(29)10-6-17)33(31,32)22-14-4-16(2)26(28)24(22)18-7-11-20(30)12-8-18/h3-14,29-30H,1-2H3. The Morgan fingerprint density at radius 3 is 1.24 bits per heavy atom. The molecule has 0 fully saturated rings. The molecule has 0 aliphatic heterocycles. The topological polar surface area (TPSA) is 74.6 Å². The second-order valence-corrected chi connectivity index (χ2v) is 10.4. The fourth-order valence-corrected chi connectivity index (χ4v) is 6.05. The summed E-state index contributed by atoms with van der Waals surface area (Å²) >= 11 is 13.2. The van der Waals surface area contributed by atoms with E-state index in [-0.39, 0.29) is 21.3 Å². The summed E-state index contributed by atoms with van der Waals surface area (Å²) in [6.45, 7) is 3.60. The van der Waals surface area contributed by atoms with E-state index in [9.17, 15) is 18.6 Å². The Hall–Kier alpha value is -2.99. The summed E-state index contributed by atoms with van der Waals surface area (Å²) in [7, 11) is -4.09. The van der Waals surface area contributed by atoms with Crippen LogP contribution in [0.4, 0.5) is 0 Å². The molecule has 4 aromatic carbocycles. The maximum atomic E-state index is 14.1. The number of phenolic OH excluding ortho intramolecular Hbond substituents is 2. The molecule has 2 N–H and O–H groups in total. The van der Waals surface area contributed by atoms with E-state index in [1.807, 2.05) is 0 Å². The van der Waals surface area contributed by atoms with Crippen molar-refractivity contribution in [3.63, 3.8) is 0 Å². The minimum atomic E-state index is -4.09. The lowest BCUT2D eigenvalue weighted by molar-refractivity contribution is 0.475. The lowest BCUT2D eigenvalue weighted by atomic mass is 10.0. The zero-order chi connectivity index (χ0) is 23.9. The van der Waals surface area contributed by atoms with Crippen molar-refractivity contribution < 1.29 is 18.6 Å². The van der Waals surface area contributed by atoms with E-state index in [2.05, 4.69) is 0 Å². The van der Waals surface area contributed by atoms with Gasteiger partial charge in [-0.25, -0.2) is 8.42 Å². The third-order valence-corrected chi connectivity index (χ3v) is 8.30. The van der Waals surface area contributed by atoms with Gasteiger partial charge in [0.1, 0.15) is 11.5 Å². The van der Waals surface area contributed by atoms with Gasteiger partial charge in [0.25, 0.3) is 0 Å². The molecule has 4 rings (SSSR count). The molecule has 0 atom stereocenters. The molecule has 0 heterocycles. The Morgan fingerprint density at radius 2 is 0.909 bits per heavy atom. The number of sulfone groups is 1. The SMILES string of the molecule is Cc1ccc(S(=O)(=O)c2ccc(C)c(Cl)c2-c2ccc(O)cc2)c(-c2ccc(O)cc2)c1Cl. The minimum absolute atomic E-state index is 0.0312. The zero-order valence-electron chi connectivity index (χ0n) is 17.8. The highest BCUT2D eigenvalue weighted by Crippen LogP contribution is 2.43. The molecule has 0 radical (unpaired) electrons. The van der Waals surface area contributed by atoms with Crippen molar-refractivity contribution in [2.24, 2.45) is 0 Å². The normalized spacial score (nSPS) is 11.5. The number of rotatable bonds is 4. The summed E-state index contributed by atoms with van der Waals surface area (Å²) in [5, 5.41) is 20.0. The van der Waals surface area contributed by atoms with Crippen LogP contribution >= 0.6 is 23.2 Å². The second-order valence-electron chi connectivity index (χ2n) is 7.74. The van der Waals surface area contributed by atoms with Crippen LogP contribution in [0.1, 0.15) is 11.1 Å². The lowest BCUT2D eigenvalue weighted by Crippen LogP contribution is -2.07. The third-order valence-electron chi connectivity index (χ3n) is 5.48. The zero-order valence-corrected chi connectivity index (χ0v) is 20.1. The lowest BCUT2D eigenvalue weighted by Gasteiger charge is -2.18. The van der Waals surface area contributed by atoms with Gasteiger partial charge in [-0.2, -0.15) is 0 Å². The van der Waals surface area contributed by atoms with Crippen LogP contribution in [0.25, 0.3) is 22.3 Å². The Morgan fingerprint density at radius 1 is 0.576 bits per heavy atom. The summed E-state index contributed by atoms with van der Waals surface area (Å²) in [5.74, 6) is 0.124.